The number of hydrogen-bond donors (Lipinski definition) is 0. The SMILES string of the molecule is O=C(COc1ccc(Cl)cc1)N(Cc1c2c(cc3c1OCC3)OCC2)C1CC1. The van der Waals surface area contributed by atoms with Crippen LogP contribution in [0.25, 0.3) is 0 Å². The Morgan fingerprint density at radius 1 is 1.14 bits per heavy atom. The normalized spacial score (nSPS) is 16.8. The lowest BCUT2D eigenvalue weighted by Gasteiger charge is -2.25. The molecule has 28 heavy (non-hydrogen) atoms. The van der Waals surface area contributed by atoms with E-state index in [0.717, 1.165) is 42.7 Å². The smallest absolute Gasteiger partial charge is 0.261 e. The fourth-order valence-corrected chi connectivity index (χ4v) is 4.11. The van der Waals surface area contributed by atoms with Crippen LogP contribution in [0.5, 0.6) is 17.2 Å². The molecule has 0 saturated heterocycles. The first-order valence-corrected chi connectivity index (χ1v) is 10.2. The lowest BCUT2D eigenvalue weighted by molar-refractivity contribution is -0.134. The molecule has 0 bridgehead atoms. The predicted molar refractivity (Wildman–Crippen MR) is 105 cm³/mol. The number of carbonyl (C=O) groups excluding carboxylic acids is 1. The van der Waals surface area contributed by atoms with E-state index in [1.54, 1.807) is 24.3 Å². The maximum Gasteiger partial charge on any atom is 0.261 e. The molecule has 3 aliphatic rings. The minimum absolute atomic E-state index is 0.000662. The summed E-state index contributed by atoms with van der Waals surface area (Å²) in [5.74, 6) is 2.56. The third-order valence-electron chi connectivity index (χ3n) is 5.57. The van der Waals surface area contributed by atoms with Gasteiger partial charge in [0.1, 0.15) is 17.2 Å². The predicted octanol–water partition coefficient (Wildman–Crippen LogP) is 3.78. The fourth-order valence-electron chi connectivity index (χ4n) is 3.99. The second kappa shape index (κ2) is 7.21. The van der Waals surface area contributed by atoms with Crippen LogP contribution in [0.2, 0.25) is 5.02 Å². The summed E-state index contributed by atoms with van der Waals surface area (Å²) in [7, 11) is 0. The van der Waals surface area contributed by atoms with Crippen LogP contribution in [0.3, 0.4) is 0 Å². The van der Waals surface area contributed by atoms with E-state index in [2.05, 4.69) is 6.07 Å². The van der Waals surface area contributed by atoms with E-state index >= 15 is 0 Å². The summed E-state index contributed by atoms with van der Waals surface area (Å²) in [6.45, 7) is 1.97. The van der Waals surface area contributed by atoms with Crippen LogP contribution >= 0.6 is 11.6 Å². The van der Waals surface area contributed by atoms with Gasteiger partial charge in [0.2, 0.25) is 0 Å². The second-order valence-electron chi connectivity index (χ2n) is 7.51. The first-order chi connectivity index (χ1) is 13.7. The van der Waals surface area contributed by atoms with Crippen LogP contribution in [0.15, 0.2) is 30.3 Å². The van der Waals surface area contributed by atoms with Crippen molar-refractivity contribution in [3.63, 3.8) is 0 Å². The highest BCUT2D eigenvalue weighted by Gasteiger charge is 2.35. The van der Waals surface area contributed by atoms with Gasteiger partial charge >= 0.3 is 0 Å². The molecule has 0 aromatic heterocycles. The van der Waals surface area contributed by atoms with Gasteiger partial charge in [-0.1, -0.05) is 11.6 Å². The topological polar surface area (TPSA) is 48.0 Å². The summed E-state index contributed by atoms with van der Waals surface area (Å²) in [6.07, 6.45) is 3.85. The van der Waals surface area contributed by atoms with Crippen LogP contribution in [0.1, 0.15) is 29.5 Å². The van der Waals surface area contributed by atoms with Gasteiger partial charge in [-0.05, 0) is 43.2 Å². The van der Waals surface area contributed by atoms with Crippen molar-refractivity contribution in [1.29, 1.82) is 0 Å². The summed E-state index contributed by atoms with van der Waals surface area (Å²) in [4.78, 5) is 14.9. The fraction of sp³-hybridized carbons (Fsp3) is 0.409. The van der Waals surface area contributed by atoms with Gasteiger partial charge in [-0.2, -0.15) is 0 Å². The third-order valence-corrected chi connectivity index (χ3v) is 5.82. The first-order valence-electron chi connectivity index (χ1n) is 9.80. The molecule has 5 rings (SSSR count). The van der Waals surface area contributed by atoms with E-state index in [9.17, 15) is 4.79 Å². The number of benzene rings is 2. The van der Waals surface area contributed by atoms with E-state index in [-0.39, 0.29) is 18.6 Å². The quantitative estimate of drug-likeness (QED) is 0.741. The number of carbonyl (C=O) groups is 1. The Morgan fingerprint density at radius 3 is 2.71 bits per heavy atom. The largest absolute Gasteiger partial charge is 0.493 e. The molecule has 5 nitrogen and oxygen atoms in total. The Kier molecular flexibility index (Phi) is 4.55. The molecule has 146 valence electrons. The first kappa shape index (κ1) is 17.7. The summed E-state index contributed by atoms with van der Waals surface area (Å²) in [6, 6.07) is 9.47. The molecule has 0 radical (unpaired) electrons. The second-order valence-corrected chi connectivity index (χ2v) is 7.95. The summed E-state index contributed by atoms with van der Waals surface area (Å²) in [5, 5.41) is 0.646. The highest BCUT2D eigenvalue weighted by atomic mass is 35.5. The number of fused-ring (bicyclic) bond motifs is 2. The Bertz CT molecular complexity index is 875. The van der Waals surface area contributed by atoms with Crippen molar-refractivity contribution in [1.82, 2.24) is 4.90 Å². The van der Waals surface area contributed by atoms with Gasteiger partial charge in [0.15, 0.2) is 6.61 Å². The van der Waals surface area contributed by atoms with Gasteiger partial charge < -0.3 is 19.1 Å². The highest BCUT2D eigenvalue weighted by molar-refractivity contribution is 6.30. The Morgan fingerprint density at radius 2 is 1.93 bits per heavy atom. The molecule has 1 amide bonds. The van der Waals surface area contributed by atoms with Crippen LogP contribution in [0, 0.1) is 0 Å². The standard InChI is InChI=1S/C22H22ClNO4/c23-15-1-5-17(6-2-15)28-13-21(25)24(16-3-4-16)12-19-18-8-10-26-20(18)11-14-7-9-27-22(14)19/h1-2,5-6,11,16H,3-4,7-10,12-13H2. The number of hydrogen-bond acceptors (Lipinski definition) is 4. The van der Waals surface area contributed by atoms with Gasteiger partial charge in [0.25, 0.3) is 5.91 Å². The van der Waals surface area contributed by atoms with Crippen molar-refractivity contribution in [2.75, 3.05) is 19.8 Å². The maximum atomic E-state index is 13.0. The molecule has 1 fully saturated rings. The number of rotatable bonds is 6. The Hall–Kier alpha value is -2.40. The molecule has 2 aromatic rings. The zero-order valence-electron chi connectivity index (χ0n) is 15.6. The van der Waals surface area contributed by atoms with Crippen molar-refractivity contribution in [2.45, 2.75) is 38.3 Å². The van der Waals surface area contributed by atoms with Gasteiger partial charge in [0, 0.05) is 40.6 Å². The van der Waals surface area contributed by atoms with Crippen molar-refractivity contribution >= 4 is 17.5 Å². The van der Waals surface area contributed by atoms with E-state index in [1.165, 1.54) is 11.1 Å². The van der Waals surface area contributed by atoms with Crippen LogP contribution in [0.4, 0.5) is 0 Å². The summed E-state index contributed by atoms with van der Waals surface area (Å²) >= 11 is 5.90. The lowest BCUT2D eigenvalue weighted by Crippen LogP contribution is -2.36. The zero-order chi connectivity index (χ0) is 19.1. The maximum absolute atomic E-state index is 13.0. The molecule has 1 aliphatic carbocycles. The van der Waals surface area contributed by atoms with Crippen molar-refractivity contribution < 1.29 is 19.0 Å². The Balaban J connectivity index is 1.35. The minimum Gasteiger partial charge on any atom is -0.493 e. The average Bonchev–Trinajstić information content (AvgIpc) is 3.23. The molecule has 2 aromatic carbocycles. The molecule has 0 atom stereocenters. The lowest BCUT2D eigenvalue weighted by atomic mass is 9.99. The monoisotopic (exact) mass is 399 g/mol. The number of halogens is 1. The molecule has 0 N–H and O–H groups in total. The van der Waals surface area contributed by atoms with Crippen LogP contribution < -0.4 is 14.2 Å². The van der Waals surface area contributed by atoms with Gasteiger partial charge in [-0.15, -0.1) is 0 Å². The summed E-state index contributed by atoms with van der Waals surface area (Å²) < 4.78 is 17.4. The molecule has 0 spiro atoms. The van der Waals surface area contributed by atoms with Crippen molar-refractivity contribution in [2.24, 2.45) is 0 Å². The molecule has 2 heterocycles. The number of nitrogens with zero attached hydrogens (tertiary/aromatic N) is 1. The van der Waals surface area contributed by atoms with Crippen molar-refractivity contribution in [3.05, 3.63) is 52.0 Å². The molecule has 1 saturated carbocycles. The molecule has 0 unspecified atom stereocenters. The summed E-state index contributed by atoms with van der Waals surface area (Å²) in [5.41, 5.74) is 3.50. The van der Waals surface area contributed by atoms with E-state index in [0.29, 0.717) is 30.5 Å². The molecule has 6 heteroatoms. The molecular weight excluding hydrogens is 378 g/mol. The average molecular weight is 400 g/mol. The van der Waals surface area contributed by atoms with Crippen LogP contribution in [-0.2, 0) is 24.2 Å². The molecule has 2 aliphatic heterocycles. The number of ether oxygens (including phenoxy) is 3. The number of amides is 1. The van der Waals surface area contributed by atoms with E-state index in [4.69, 9.17) is 25.8 Å². The van der Waals surface area contributed by atoms with Crippen molar-refractivity contribution in [3.8, 4) is 17.2 Å². The minimum atomic E-state index is 0.000662. The van der Waals surface area contributed by atoms with E-state index in [1.807, 2.05) is 4.90 Å². The zero-order valence-corrected chi connectivity index (χ0v) is 16.3. The van der Waals surface area contributed by atoms with E-state index < -0.39 is 0 Å². The Labute approximate surface area is 169 Å². The van der Waals surface area contributed by atoms with Gasteiger partial charge in [-0.3, -0.25) is 4.79 Å². The van der Waals surface area contributed by atoms with Gasteiger partial charge in [-0.25, -0.2) is 0 Å². The molecular formula is C22H22ClNO4. The van der Waals surface area contributed by atoms with Gasteiger partial charge in [0.05, 0.1) is 19.8 Å². The third kappa shape index (κ3) is 3.39. The van der Waals surface area contributed by atoms with Crippen LogP contribution in [-0.4, -0.2) is 36.7 Å². The highest BCUT2D eigenvalue weighted by Crippen LogP contribution is 2.42.